The van der Waals surface area contributed by atoms with Crippen LogP contribution < -0.4 is 10.6 Å². The van der Waals surface area contributed by atoms with Crippen LogP contribution in [0.3, 0.4) is 0 Å². The first-order valence-corrected chi connectivity index (χ1v) is 6.67. The number of halogens is 1. The van der Waals surface area contributed by atoms with Gasteiger partial charge in [0.25, 0.3) is 0 Å². The first-order chi connectivity index (χ1) is 8.56. The molecular weight excluding hydrogens is 227 g/mol. The highest BCUT2D eigenvalue weighted by Crippen LogP contribution is 2.22. The SMILES string of the molecule is CNCCCCNCC(C)(C)c1cccc(F)c1. The molecule has 102 valence electrons. The summed E-state index contributed by atoms with van der Waals surface area (Å²) in [6.07, 6.45) is 2.35. The zero-order chi connectivity index (χ0) is 13.4. The van der Waals surface area contributed by atoms with Gasteiger partial charge >= 0.3 is 0 Å². The Morgan fingerprint density at radius 2 is 1.89 bits per heavy atom. The van der Waals surface area contributed by atoms with Gasteiger partial charge in [-0.05, 0) is 50.7 Å². The summed E-state index contributed by atoms with van der Waals surface area (Å²) in [5.41, 5.74) is 1.01. The molecule has 0 heterocycles. The Labute approximate surface area is 110 Å². The highest BCUT2D eigenvalue weighted by molar-refractivity contribution is 5.24. The van der Waals surface area contributed by atoms with Gasteiger partial charge < -0.3 is 10.6 Å². The zero-order valence-electron chi connectivity index (χ0n) is 11.7. The lowest BCUT2D eigenvalue weighted by Gasteiger charge is -2.26. The van der Waals surface area contributed by atoms with E-state index >= 15 is 0 Å². The molecule has 18 heavy (non-hydrogen) atoms. The van der Waals surface area contributed by atoms with Crippen molar-refractivity contribution in [3.63, 3.8) is 0 Å². The van der Waals surface area contributed by atoms with Crippen LogP contribution in [0.5, 0.6) is 0 Å². The van der Waals surface area contributed by atoms with Crippen LogP contribution in [0.1, 0.15) is 32.3 Å². The van der Waals surface area contributed by atoms with Gasteiger partial charge in [-0.3, -0.25) is 0 Å². The summed E-state index contributed by atoms with van der Waals surface area (Å²) in [5.74, 6) is -0.158. The Kier molecular flexibility index (Phi) is 6.30. The Morgan fingerprint density at radius 3 is 2.56 bits per heavy atom. The largest absolute Gasteiger partial charge is 0.320 e. The van der Waals surface area contributed by atoms with Crippen molar-refractivity contribution < 1.29 is 4.39 Å². The van der Waals surface area contributed by atoms with Crippen molar-refractivity contribution in [1.29, 1.82) is 0 Å². The van der Waals surface area contributed by atoms with Gasteiger partial charge in [0.2, 0.25) is 0 Å². The maximum absolute atomic E-state index is 13.2. The Bertz CT molecular complexity index is 350. The van der Waals surface area contributed by atoms with Crippen LogP contribution in [0.15, 0.2) is 24.3 Å². The van der Waals surface area contributed by atoms with Crippen LogP contribution in [0.4, 0.5) is 4.39 Å². The van der Waals surface area contributed by atoms with E-state index in [1.54, 1.807) is 12.1 Å². The van der Waals surface area contributed by atoms with Crippen molar-refractivity contribution >= 4 is 0 Å². The summed E-state index contributed by atoms with van der Waals surface area (Å²) in [6.45, 7) is 7.23. The second-order valence-electron chi connectivity index (χ2n) is 5.38. The van der Waals surface area contributed by atoms with Crippen LogP contribution in [-0.2, 0) is 5.41 Å². The van der Waals surface area contributed by atoms with Crippen molar-refractivity contribution in [2.75, 3.05) is 26.7 Å². The summed E-state index contributed by atoms with van der Waals surface area (Å²) >= 11 is 0. The van der Waals surface area contributed by atoms with Gasteiger partial charge in [0, 0.05) is 12.0 Å². The molecule has 3 heteroatoms. The molecule has 0 saturated heterocycles. The number of hydrogen-bond donors (Lipinski definition) is 2. The molecular formula is C15H25FN2. The van der Waals surface area contributed by atoms with Gasteiger partial charge in [0.1, 0.15) is 5.82 Å². The summed E-state index contributed by atoms with van der Waals surface area (Å²) in [4.78, 5) is 0. The quantitative estimate of drug-likeness (QED) is 0.695. The van der Waals surface area contributed by atoms with E-state index in [1.807, 2.05) is 13.1 Å². The van der Waals surface area contributed by atoms with E-state index in [2.05, 4.69) is 24.5 Å². The van der Waals surface area contributed by atoms with E-state index in [4.69, 9.17) is 0 Å². The highest BCUT2D eigenvalue weighted by atomic mass is 19.1. The number of hydrogen-bond acceptors (Lipinski definition) is 2. The number of rotatable bonds is 8. The van der Waals surface area contributed by atoms with Crippen molar-refractivity contribution in [3.8, 4) is 0 Å². The molecule has 0 amide bonds. The van der Waals surface area contributed by atoms with Crippen molar-refractivity contribution in [1.82, 2.24) is 10.6 Å². The third-order valence-electron chi connectivity index (χ3n) is 3.20. The lowest BCUT2D eigenvalue weighted by atomic mass is 9.84. The number of unbranched alkanes of at least 4 members (excludes halogenated alkanes) is 1. The van der Waals surface area contributed by atoms with Gasteiger partial charge in [-0.15, -0.1) is 0 Å². The van der Waals surface area contributed by atoms with Crippen LogP contribution in [0.2, 0.25) is 0 Å². The van der Waals surface area contributed by atoms with Gasteiger partial charge in [-0.25, -0.2) is 4.39 Å². The summed E-state index contributed by atoms with van der Waals surface area (Å²) in [5, 5.41) is 6.59. The van der Waals surface area contributed by atoms with Gasteiger partial charge in [-0.1, -0.05) is 26.0 Å². The molecule has 1 rings (SSSR count). The van der Waals surface area contributed by atoms with Crippen LogP contribution in [-0.4, -0.2) is 26.7 Å². The van der Waals surface area contributed by atoms with Gasteiger partial charge in [0.05, 0.1) is 0 Å². The van der Waals surface area contributed by atoms with E-state index in [9.17, 15) is 4.39 Å². The topological polar surface area (TPSA) is 24.1 Å². The molecule has 0 spiro atoms. The fraction of sp³-hybridized carbons (Fsp3) is 0.600. The monoisotopic (exact) mass is 252 g/mol. The molecule has 0 bridgehead atoms. The first kappa shape index (κ1) is 15.1. The molecule has 1 aromatic carbocycles. The normalized spacial score (nSPS) is 11.8. The minimum absolute atomic E-state index is 0.0366. The number of nitrogens with one attached hydrogen (secondary N) is 2. The van der Waals surface area contributed by atoms with Gasteiger partial charge in [-0.2, -0.15) is 0 Å². The molecule has 1 aromatic rings. The molecule has 0 unspecified atom stereocenters. The molecule has 0 aliphatic carbocycles. The molecule has 0 atom stereocenters. The average molecular weight is 252 g/mol. The number of benzene rings is 1. The standard InChI is InChI=1S/C15H25FN2/c1-15(2,12-18-10-5-4-9-17-3)13-7-6-8-14(16)11-13/h6-8,11,17-18H,4-5,9-10,12H2,1-3H3. The lowest BCUT2D eigenvalue weighted by molar-refractivity contribution is 0.459. The maximum atomic E-state index is 13.2. The Balaban J connectivity index is 2.35. The van der Waals surface area contributed by atoms with Crippen molar-refractivity contribution in [2.24, 2.45) is 0 Å². The van der Waals surface area contributed by atoms with Crippen molar-refractivity contribution in [3.05, 3.63) is 35.6 Å². The van der Waals surface area contributed by atoms with E-state index in [1.165, 1.54) is 18.9 Å². The molecule has 0 fully saturated rings. The second kappa shape index (κ2) is 7.49. The molecule has 0 aliphatic rings. The minimum Gasteiger partial charge on any atom is -0.320 e. The molecule has 0 radical (unpaired) electrons. The molecule has 2 nitrogen and oxygen atoms in total. The first-order valence-electron chi connectivity index (χ1n) is 6.67. The van der Waals surface area contributed by atoms with Gasteiger partial charge in [0.15, 0.2) is 0 Å². The highest BCUT2D eigenvalue weighted by Gasteiger charge is 2.20. The van der Waals surface area contributed by atoms with E-state index < -0.39 is 0 Å². The third kappa shape index (κ3) is 5.15. The van der Waals surface area contributed by atoms with E-state index in [0.717, 1.165) is 25.2 Å². The predicted molar refractivity (Wildman–Crippen MR) is 75.5 cm³/mol. The zero-order valence-corrected chi connectivity index (χ0v) is 11.7. The summed E-state index contributed by atoms with van der Waals surface area (Å²) in [7, 11) is 1.97. The van der Waals surface area contributed by atoms with Crippen LogP contribution in [0, 0.1) is 5.82 Å². The third-order valence-corrected chi connectivity index (χ3v) is 3.20. The van der Waals surface area contributed by atoms with E-state index in [0.29, 0.717) is 0 Å². The maximum Gasteiger partial charge on any atom is 0.123 e. The molecule has 2 N–H and O–H groups in total. The fourth-order valence-electron chi connectivity index (χ4n) is 1.96. The molecule has 0 aromatic heterocycles. The fourth-order valence-corrected chi connectivity index (χ4v) is 1.96. The predicted octanol–water partition coefficient (Wildman–Crippen LogP) is 2.69. The van der Waals surface area contributed by atoms with Crippen LogP contribution >= 0.6 is 0 Å². The average Bonchev–Trinajstić information content (AvgIpc) is 2.33. The van der Waals surface area contributed by atoms with Crippen LogP contribution in [0.25, 0.3) is 0 Å². The van der Waals surface area contributed by atoms with Crippen molar-refractivity contribution in [2.45, 2.75) is 32.1 Å². The molecule has 0 aliphatic heterocycles. The minimum atomic E-state index is -0.158. The summed E-state index contributed by atoms with van der Waals surface area (Å²) < 4.78 is 13.2. The summed E-state index contributed by atoms with van der Waals surface area (Å²) in [6, 6.07) is 6.89. The smallest absolute Gasteiger partial charge is 0.123 e. The Hall–Kier alpha value is -0.930. The second-order valence-corrected chi connectivity index (χ2v) is 5.38. The lowest BCUT2D eigenvalue weighted by Crippen LogP contribution is -2.33. The molecule has 0 saturated carbocycles. The van der Waals surface area contributed by atoms with E-state index in [-0.39, 0.29) is 11.2 Å². The Morgan fingerprint density at radius 1 is 1.17 bits per heavy atom.